The third kappa shape index (κ3) is 3.48. The Morgan fingerprint density at radius 3 is 3.00 bits per heavy atom. The summed E-state index contributed by atoms with van der Waals surface area (Å²) in [7, 11) is 0. The summed E-state index contributed by atoms with van der Waals surface area (Å²) in [5, 5.41) is 18.3. The molecule has 1 aliphatic carbocycles. The second kappa shape index (κ2) is 6.94. The standard InChI is InChI=1S/C17H20N2O2S/c20-10-12-5-6-14(9-12)19-17(21)18-8-7-13-11-22-16-4-2-1-3-15(13)16/h1-6,11-12,14,20H,7-10H2,(H2,18,19,21)/t12-,14+/m0/s1. The zero-order chi connectivity index (χ0) is 15.4. The number of amides is 2. The first-order valence-electron chi connectivity index (χ1n) is 7.55. The summed E-state index contributed by atoms with van der Waals surface area (Å²) in [6.45, 7) is 0.758. The number of benzene rings is 1. The monoisotopic (exact) mass is 316 g/mol. The number of nitrogens with one attached hydrogen (secondary N) is 2. The van der Waals surface area contributed by atoms with Crippen molar-refractivity contribution in [3.63, 3.8) is 0 Å². The van der Waals surface area contributed by atoms with Crippen molar-refractivity contribution in [3.8, 4) is 0 Å². The molecule has 0 unspecified atom stereocenters. The number of aliphatic hydroxyl groups excluding tert-OH is 1. The molecule has 0 fully saturated rings. The number of carbonyl (C=O) groups is 1. The number of urea groups is 1. The van der Waals surface area contributed by atoms with E-state index in [1.807, 2.05) is 24.3 Å². The normalized spacial score (nSPS) is 20.4. The minimum Gasteiger partial charge on any atom is -0.396 e. The number of rotatable bonds is 5. The van der Waals surface area contributed by atoms with Crippen LogP contribution >= 0.6 is 11.3 Å². The maximum Gasteiger partial charge on any atom is 0.315 e. The first kappa shape index (κ1) is 15.1. The molecule has 1 aromatic carbocycles. The lowest BCUT2D eigenvalue weighted by Crippen LogP contribution is -2.41. The Morgan fingerprint density at radius 1 is 1.32 bits per heavy atom. The molecule has 1 heterocycles. The summed E-state index contributed by atoms with van der Waals surface area (Å²) in [4.78, 5) is 11.9. The van der Waals surface area contributed by atoms with Gasteiger partial charge in [-0.1, -0.05) is 30.4 Å². The van der Waals surface area contributed by atoms with Crippen LogP contribution in [0.4, 0.5) is 4.79 Å². The molecule has 5 heteroatoms. The van der Waals surface area contributed by atoms with E-state index < -0.39 is 0 Å². The van der Waals surface area contributed by atoms with Crippen LogP contribution in [-0.4, -0.2) is 30.3 Å². The summed E-state index contributed by atoms with van der Waals surface area (Å²) in [5.41, 5.74) is 1.28. The van der Waals surface area contributed by atoms with Crippen LogP contribution in [0.15, 0.2) is 41.8 Å². The van der Waals surface area contributed by atoms with Gasteiger partial charge in [0.2, 0.25) is 0 Å². The Morgan fingerprint density at radius 2 is 2.18 bits per heavy atom. The number of thiophene rings is 1. The summed E-state index contributed by atoms with van der Waals surface area (Å²) >= 11 is 1.74. The number of aliphatic hydroxyl groups is 1. The Labute approximate surface area is 133 Å². The first-order chi connectivity index (χ1) is 10.8. The molecule has 0 spiro atoms. The zero-order valence-corrected chi connectivity index (χ0v) is 13.1. The van der Waals surface area contributed by atoms with Crippen molar-refractivity contribution in [2.45, 2.75) is 18.9 Å². The van der Waals surface area contributed by atoms with Gasteiger partial charge in [-0.05, 0) is 35.2 Å². The van der Waals surface area contributed by atoms with E-state index in [0.717, 1.165) is 12.8 Å². The lowest BCUT2D eigenvalue weighted by atomic mass is 10.1. The molecule has 1 aromatic heterocycles. The molecule has 2 atom stereocenters. The molecule has 3 N–H and O–H groups in total. The lowest BCUT2D eigenvalue weighted by Gasteiger charge is -2.13. The van der Waals surface area contributed by atoms with Crippen molar-refractivity contribution in [2.75, 3.05) is 13.2 Å². The fraction of sp³-hybridized carbons (Fsp3) is 0.353. The molecule has 2 amide bonds. The largest absolute Gasteiger partial charge is 0.396 e. The molecular weight excluding hydrogens is 296 g/mol. The number of hydrogen-bond donors (Lipinski definition) is 3. The highest BCUT2D eigenvalue weighted by Gasteiger charge is 2.19. The molecular formula is C17H20N2O2S. The van der Waals surface area contributed by atoms with E-state index in [4.69, 9.17) is 5.11 Å². The topological polar surface area (TPSA) is 61.4 Å². The minimum atomic E-state index is -0.146. The van der Waals surface area contributed by atoms with Gasteiger partial charge in [0.05, 0.1) is 0 Å². The lowest BCUT2D eigenvalue weighted by molar-refractivity contribution is 0.231. The van der Waals surface area contributed by atoms with Crippen LogP contribution in [0.25, 0.3) is 10.1 Å². The highest BCUT2D eigenvalue weighted by Crippen LogP contribution is 2.25. The number of fused-ring (bicyclic) bond motifs is 1. The van der Waals surface area contributed by atoms with Crippen LogP contribution in [0, 0.1) is 5.92 Å². The summed E-state index contributed by atoms with van der Waals surface area (Å²) in [6, 6.07) is 8.21. The van der Waals surface area contributed by atoms with Gasteiger partial charge in [0.15, 0.2) is 0 Å². The van der Waals surface area contributed by atoms with Crippen molar-refractivity contribution < 1.29 is 9.90 Å². The van der Waals surface area contributed by atoms with Crippen molar-refractivity contribution in [1.29, 1.82) is 0 Å². The van der Waals surface area contributed by atoms with Gasteiger partial charge in [0, 0.05) is 29.8 Å². The molecule has 22 heavy (non-hydrogen) atoms. The maximum atomic E-state index is 11.9. The molecule has 0 saturated heterocycles. The first-order valence-corrected chi connectivity index (χ1v) is 8.43. The maximum absolute atomic E-state index is 11.9. The van der Waals surface area contributed by atoms with Gasteiger partial charge in [-0.3, -0.25) is 0 Å². The third-order valence-corrected chi connectivity index (χ3v) is 4.98. The average molecular weight is 316 g/mol. The summed E-state index contributed by atoms with van der Waals surface area (Å²) in [6.07, 6.45) is 5.52. The number of carbonyl (C=O) groups excluding carboxylic acids is 1. The van der Waals surface area contributed by atoms with E-state index in [0.29, 0.717) is 6.54 Å². The minimum absolute atomic E-state index is 0.0270. The highest BCUT2D eigenvalue weighted by molar-refractivity contribution is 7.17. The molecule has 3 rings (SSSR count). The Hall–Kier alpha value is -1.85. The van der Waals surface area contributed by atoms with E-state index in [1.165, 1.54) is 15.6 Å². The second-order valence-electron chi connectivity index (χ2n) is 5.58. The van der Waals surface area contributed by atoms with E-state index in [2.05, 4.69) is 28.1 Å². The zero-order valence-electron chi connectivity index (χ0n) is 12.3. The van der Waals surface area contributed by atoms with Crippen molar-refractivity contribution >= 4 is 27.5 Å². The van der Waals surface area contributed by atoms with Gasteiger partial charge in [-0.25, -0.2) is 4.79 Å². The van der Waals surface area contributed by atoms with Gasteiger partial charge < -0.3 is 15.7 Å². The third-order valence-electron chi connectivity index (χ3n) is 3.96. The average Bonchev–Trinajstić information content (AvgIpc) is 3.14. The van der Waals surface area contributed by atoms with Crippen molar-refractivity contribution in [3.05, 3.63) is 47.4 Å². The van der Waals surface area contributed by atoms with Gasteiger partial charge in [-0.15, -0.1) is 11.3 Å². The van der Waals surface area contributed by atoms with Crippen LogP contribution < -0.4 is 10.6 Å². The predicted octanol–water partition coefficient (Wildman–Crippen LogP) is 2.68. The second-order valence-corrected chi connectivity index (χ2v) is 6.49. The van der Waals surface area contributed by atoms with Gasteiger partial charge in [0.25, 0.3) is 0 Å². The molecule has 116 valence electrons. The predicted molar refractivity (Wildman–Crippen MR) is 90.2 cm³/mol. The molecule has 0 saturated carbocycles. The van der Waals surface area contributed by atoms with Crippen LogP contribution in [0.2, 0.25) is 0 Å². The summed E-state index contributed by atoms with van der Waals surface area (Å²) < 4.78 is 1.29. The Bertz CT molecular complexity index is 680. The molecule has 0 radical (unpaired) electrons. The van der Waals surface area contributed by atoms with Crippen molar-refractivity contribution in [2.24, 2.45) is 5.92 Å². The highest BCUT2D eigenvalue weighted by atomic mass is 32.1. The molecule has 1 aliphatic rings. The van der Waals surface area contributed by atoms with E-state index in [1.54, 1.807) is 11.3 Å². The van der Waals surface area contributed by atoms with Gasteiger partial charge in [0.1, 0.15) is 0 Å². The van der Waals surface area contributed by atoms with E-state index in [-0.39, 0.29) is 24.6 Å². The summed E-state index contributed by atoms with van der Waals surface area (Å²) in [5.74, 6) is 0.169. The van der Waals surface area contributed by atoms with Gasteiger partial charge in [-0.2, -0.15) is 0 Å². The van der Waals surface area contributed by atoms with Crippen LogP contribution in [-0.2, 0) is 6.42 Å². The fourth-order valence-electron chi connectivity index (χ4n) is 2.77. The number of hydrogen-bond acceptors (Lipinski definition) is 3. The van der Waals surface area contributed by atoms with Crippen LogP contribution in [0.5, 0.6) is 0 Å². The smallest absolute Gasteiger partial charge is 0.315 e. The fourth-order valence-corrected chi connectivity index (χ4v) is 3.77. The van der Waals surface area contributed by atoms with E-state index >= 15 is 0 Å². The van der Waals surface area contributed by atoms with Crippen LogP contribution in [0.3, 0.4) is 0 Å². The SMILES string of the molecule is O=C(NCCc1csc2ccccc12)N[C@@H]1C=C[C@H](CO)C1. The van der Waals surface area contributed by atoms with Gasteiger partial charge >= 0.3 is 6.03 Å². The molecule has 0 aliphatic heterocycles. The Balaban J connectivity index is 1.45. The molecule has 2 aromatic rings. The van der Waals surface area contributed by atoms with E-state index in [9.17, 15) is 4.79 Å². The van der Waals surface area contributed by atoms with Crippen LogP contribution in [0.1, 0.15) is 12.0 Å². The Kier molecular flexibility index (Phi) is 4.75. The molecule has 0 bridgehead atoms. The molecule has 4 nitrogen and oxygen atoms in total. The quantitative estimate of drug-likeness (QED) is 0.743. The van der Waals surface area contributed by atoms with Crippen molar-refractivity contribution in [1.82, 2.24) is 10.6 Å².